The molecule has 0 fully saturated rings. The van der Waals surface area contributed by atoms with Crippen molar-refractivity contribution in [2.45, 2.75) is 33.3 Å². The summed E-state index contributed by atoms with van der Waals surface area (Å²) in [5, 5.41) is 4.40. The molecule has 3 aromatic heterocycles. The molecule has 214 valence electrons. The van der Waals surface area contributed by atoms with Crippen molar-refractivity contribution in [1.29, 1.82) is 0 Å². The molecular weight excluding hydrogens is 538 g/mol. The molecule has 4 aromatic rings. The maximum absolute atomic E-state index is 16.5. The number of hydrogen-bond acceptors (Lipinski definition) is 8. The van der Waals surface area contributed by atoms with E-state index in [1.165, 1.54) is 63.9 Å². The highest BCUT2D eigenvalue weighted by molar-refractivity contribution is 6.11. The summed E-state index contributed by atoms with van der Waals surface area (Å²) in [6.45, 7) is 6.53. The van der Waals surface area contributed by atoms with Gasteiger partial charge in [-0.15, -0.1) is 0 Å². The van der Waals surface area contributed by atoms with Crippen LogP contribution in [-0.2, 0) is 9.47 Å². The van der Waals surface area contributed by atoms with Gasteiger partial charge in [-0.3, -0.25) is 4.79 Å². The number of aryl methyl sites for hydroxylation is 1. The van der Waals surface area contributed by atoms with Gasteiger partial charge in [0.15, 0.2) is 5.82 Å². The Kier molecular flexibility index (Phi) is 7.78. The van der Waals surface area contributed by atoms with E-state index in [1.807, 2.05) is 0 Å². The number of rotatable bonds is 5. The van der Waals surface area contributed by atoms with Gasteiger partial charge in [-0.25, -0.2) is 32.8 Å². The number of ether oxygens (including phenoxy) is 3. The van der Waals surface area contributed by atoms with Gasteiger partial charge in [0.25, 0.3) is 5.91 Å². The summed E-state index contributed by atoms with van der Waals surface area (Å²) in [6, 6.07) is 7.92. The zero-order valence-electron chi connectivity index (χ0n) is 23.5. The van der Waals surface area contributed by atoms with Gasteiger partial charge in [0, 0.05) is 35.6 Å². The molecule has 10 nitrogen and oxygen atoms in total. The third-order valence-corrected chi connectivity index (χ3v) is 6.11. The van der Waals surface area contributed by atoms with Crippen LogP contribution in [0.15, 0.2) is 42.6 Å². The predicted octanol–water partition coefficient (Wildman–Crippen LogP) is 5.45. The van der Waals surface area contributed by atoms with Crippen LogP contribution in [0.4, 0.5) is 13.6 Å². The molecule has 0 aliphatic heterocycles. The number of aromatic nitrogens is 3. The Morgan fingerprint density at radius 2 is 1.66 bits per heavy atom. The second kappa shape index (κ2) is 11.0. The Hall–Kier alpha value is -4.87. The highest BCUT2D eigenvalue weighted by atomic mass is 19.1. The van der Waals surface area contributed by atoms with Crippen molar-refractivity contribution < 1.29 is 37.4 Å². The van der Waals surface area contributed by atoms with Gasteiger partial charge in [0.05, 0.1) is 19.8 Å². The maximum Gasteiger partial charge on any atom is 0.417 e. The summed E-state index contributed by atoms with van der Waals surface area (Å²) in [5.41, 5.74) is -0.556. The molecule has 0 aliphatic rings. The number of hydrogen-bond donors (Lipinski definition) is 0. The standard InChI is InChI=1S/C29H28F2N4O6/c1-15-19(14-20(27(37)40-7)25(32-15)39-6)18-12-13-35-24(22(18)31)21(23(33-35)16-8-10-17(30)11-9-16)26(36)34(5)28(38)41-29(2,3)4/h8-14H,1-7H3. The summed E-state index contributed by atoms with van der Waals surface area (Å²) >= 11 is 0. The van der Waals surface area contributed by atoms with Gasteiger partial charge < -0.3 is 14.2 Å². The van der Waals surface area contributed by atoms with Crippen LogP contribution in [0.1, 0.15) is 47.2 Å². The van der Waals surface area contributed by atoms with E-state index in [2.05, 4.69) is 10.1 Å². The summed E-state index contributed by atoms with van der Waals surface area (Å²) < 4.78 is 46.7. The van der Waals surface area contributed by atoms with Crippen molar-refractivity contribution in [3.63, 3.8) is 0 Å². The van der Waals surface area contributed by atoms with Crippen LogP contribution in [0.2, 0.25) is 0 Å². The number of halogens is 2. The number of esters is 1. The topological polar surface area (TPSA) is 112 Å². The van der Waals surface area contributed by atoms with E-state index in [4.69, 9.17) is 14.2 Å². The van der Waals surface area contributed by atoms with Gasteiger partial charge in [-0.1, -0.05) is 0 Å². The first-order valence-electron chi connectivity index (χ1n) is 12.4. The number of methoxy groups -OCH3 is 2. The van der Waals surface area contributed by atoms with Gasteiger partial charge in [-0.2, -0.15) is 5.10 Å². The fourth-order valence-electron chi connectivity index (χ4n) is 4.17. The molecule has 0 atom stereocenters. The monoisotopic (exact) mass is 566 g/mol. The molecule has 0 spiro atoms. The molecule has 0 aliphatic carbocycles. The largest absolute Gasteiger partial charge is 0.480 e. The minimum atomic E-state index is -0.957. The molecule has 0 bridgehead atoms. The van der Waals surface area contributed by atoms with E-state index >= 15 is 4.39 Å². The normalized spacial score (nSPS) is 11.3. The molecule has 0 radical (unpaired) electrons. The van der Waals surface area contributed by atoms with Crippen LogP contribution in [0.5, 0.6) is 5.88 Å². The quantitative estimate of drug-likeness (QED) is 0.293. The molecule has 4 rings (SSSR count). The number of amides is 2. The number of nitrogens with zero attached hydrogens (tertiary/aromatic N) is 4. The molecule has 1 aromatic carbocycles. The molecule has 0 saturated heterocycles. The van der Waals surface area contributed by atoms with Crippen molar-refractivity contribution in [2.24, 2.45) is 0 Å². The van der Waals surface area contributed by atoms with Crippen LogP contribution < -0.4 is 4.74 Å². The van der Waals surface area contributed by atoms with Crippen LogP contribution in [0, 0.1) is 18.6 Å². The summed E-state index contributed by atoms with van der Waals surface area (Å²) in [6.07, 6.45) is 0.466. The Bertz CT molecular complexity index is 1680. The Morgan fingerprint density at radius 3 is 2.24 bits per heavy atom. The van der Waals surface area contributed by atoms with E-state index in [0.717, 1.165) is 9.42 Å². The van der Waals surface area contributed by atoms with Crippen molar-refractivity contribution in [3.05, 3.63) is 71.1 Å². The van der Waals surface area contributed by atoms with E-state index < -0.39 is 35.2 Å². The average Bonchev–Trinajstić information content (AvgIpc) is 3.32. The van der Waals surface area contributed by atoms with E-state index in [1.54, 1.807) is 27.7 Å². The van der Waals surface area contributed by atoms with Crippen LogP contribution in [0.3, 0.4) is 0 Å². The highest BCUT2D eigenvalue weighted by Crippen LogP contribution is 2.35. The molecule has 2 amide bonds. The van der Waals surface area contributed by atoms with Crippen molar-refractivity contribution in [3.8, 4) is 28.3 Å². The third kappa shape index (κ3) is 5.58. The first-order valence-corrected chi connectivity index (χ1v) is 12.4. The maximum atomic E-state index is 16.5. The highest BCUT2D eigenvalue weighted by Gasteiger charge is 2.32. The minimum Gasteiger partial charge on any atom is -0.480 e. The lowest BCUT2D eigenvalue weighted by molar-refractivity contribution is 0.0285. The van der Waals surface area contributed by atoms with E-state index in [0.29, 0.717) is 11.3 Å². The number of carbonyl (C=O) groups is 3. The molecule has 0 N–H and O–H groups in total. The molecular formula is C29H28F2N4O6. The Labute approximate surface area is 234 Å². The molecule has 12 heteroatoms. The fourth-order valence-corrected chi connectivity index (χ4v) is 4.17. The lowest BCUT2D eigenvalue weighted by atomic mass is 10.00. The second-order valence-electron chi connectivity index (χ2n) is 10.1. The lowest BCUT2D eigenvalue weighted by Crippen LogP contribution is -2.38. The van der Waals surface area contributed by atoms with Crippen molar-refractivity contribution >= 4 is 23.5 Å². The number of benzene rings is 1. The SMILES string of the molecule is COC(=O)c1cc(-c2ccn3nc(-c4ccc(F)cc4)c(C(=O)N(C)C(=O)OC(C)(C)C)c3c2F)c(C)nc1OC. The zero-order chi connectivity index (χ0) is 30.2. The number of imide groups is 1. The van der Waals surface area contributed by atoms with Crippen LogP contribution >= 0.6 is 0 Å². The average molecular weight is 567 g/mol. The summed E-state index contributed by atoms with van der Waals surface area (Å²) in [7, 11) is 3.73. The first kappa shape index (κ1) is 29.1. The van der Waals surface area contributed by atoms with Crippen LogP contribution in [0.25, 0.3) is 27.9 Å². The summed E-state index contributed by atoms with van der Waals surface area (Å²) in [5.74, 6) is -3.04. The Balaban J connectivity index is 1.99. The third-order valence-electron chi connectivity index (χ3n) is 6.11. The number of carbonyl (C=O) groups excluding carboxylic acids is 3. The van der Waals surface area contributed by atoms with Gasteiger partial charge in [0.2, 0.25) is 5.88 Å². The van der Waals surface area contributed by atoms with Gasteiger partial charge >= 0.3 is 12.1 Å². The molecule has 0 saturated carbocycles. The Morgan fingerprint density at radius 1 is 1.00 bits per heavy atom. The predicted molar refractivity (Wildman–Crippen MR) is 145 cm³/mol. The van der Waals surface area contributed by atoms with Gasteiger partial charge in [0.1, 0.15) is 28.2 Å². The molecule has 41 heavy (non-hydrogen) atoms. The first-order chi connectivity index (χ1) is 19.3. The number of fused-ring (bicyclic) bond motifs is 1. The minimum absolute atomic E-state index is 0.00242. The van der Waals surface area contributed by atoms with Crippen molar-refractivity contribution in [1.82, 2.24) is 19.5 Å². The fraction of sp³-hybridized carbons (Fsp3) is 0.276. The lowest BCUT2D eigenvalue weighted by Gasteiger charge is -2.23. The summed E-state index contributed by atoms with van der Waals surface area (Å²) in [4.78, 5) is 43.9. The van der Waals surface area contributed by atoms with Crippen LogP contribution in [-0.4, -0.2) is 64.3 Å². The van der Waals surface area contributed by atoms with E-state index in [9.17, 15) is 18.8 Å². The zero-order valence-corrected chi connectivity index (χ0v) is 23.5. The number of pyridine rings is 2. The van der Waals surface area contributed by atoms with Gasteiger partial charge in [-0.05, 0) is 64.1 Å². The van der Waals surface area contributed by atoms with Crippen molar-refractivity contribution in [2.75, 3.05) is 21.3 Å². The second-order valence-corrected chi connectivity index (χ2v) is 10.1. The smallest absolute Gasteiger partial charge is 0.417 e. The molecule has 0 unspecified atom stereocenters. The van der Waals surface area contributed by atoms with E-state index in [-0.39, 0.29) is 39.3 Å². The molecule has 3 heterocycles.